The minimum Gasteiger partial charge on any atom is -0.478 e. The number of hydrogen-bond acceptors (Lipinski definition) is 4. The molecule has 0 aliphatic heterocycles. The molecule has 2 heterocycles. The lowest BCUT2D eigenvalue weighted by Crippen LogP contribution is -2.43. The molecule has 0 aliphatic rings. The van der Waals surface area contributed by atoms with Crippen LogP contribution < -0.4 is 4.74 Å². The molecule has 0 fully saturated rings. The van der Waals surface area contributed by atoms with E-state index in [1.807, 2.05) is 0 Å². The van der Waals surface area contributed by atoms with Gasteiger partial charge >= 0.3 is 5.97 Å². The van der Waals surface area contributed by atoms with Gasteiger partial charge < -0.3 is 9.84 Å². The summed E-state index contributed by atoms with van der Waals surface area (Å²) in [6, 6.07) is 3.13. The lowest BCUT2D eigenvalue weighted by Gasteiger charge is -2.25. The molecule has 0 bridgehead atoms. The minimum absolute atomic E-state index is 0.181. The Kier molecular flexibility index (Phi) is 3.94. The van der Waals surface area contributed by atoms with Crippen molar-refractivity contribution >= 4 is 17.6 Å². The summed E-state index contributed by atoms with van der Waals surface area (Å²) in [5.74, 6) is -0.860. The van der Waals surface area contributed by atoms with Crippen LogP contribution in [-0.4, -0.2) is 31.4 Å². The van der Waals surface area contributed by atoms with Crippen molar-refractivity contribution in [3.63, 3.8) is 0 Å². The zero-order chi connectivity index (χ0) is 14.8. The van der Waals surface area contributed by atoms with Crippen LogP contribution in [0.4, 0.5) is 0 Å². The van der Waals surface area contributed by atoms with E-state index in [1.54, 1.807) is 30.2 Å². The zero-order valence-corrected chi connectivity index (χ0v) is 11.8. The van der Waals surface area contributed by atoms with Crippen molar-refractivity contribution in [1.29, 1.82) is 0 Å². The maximum absolute atomic E-state index is 11.5. The molecule has 1 atom stereocenters. The number of ether oxygens (including phenoxy) is 1. The van der Waals surface area contributed by atoms with Gasteiger partial charge in [0.1, 0.15) is 0 Å². The van der Waals surface area contributed by atoms with E-state index in [0.29, 0.717) is 5.02 Å². The molecule has 2 aromatic rings. The largest absolute Gasteiger partial charge is 0.478 e. The van der Waals surface area contributed by atoms with Gasteiger partial charge in [-0.15, -0.1) is 0 Å². The number of pyridine rings is 1. The summed E-state index contributed by atoms with van der Waals surface area (Å²) in [5, 5.41) is 13.9. The fourth-order valence-corrected chi connectivity index (χ4v) is 1.87. The highest BCUT2D eigenvalue weighted by atomic mass is 35.5. The Morgan fingerprint density at radius 2 is 2.25 bits per heavy atom. The fraction of sp³-hybridized carbons (Fsp3) is 0.308. The third kappa shape index (κ3) is 3.27. The summed E-state index contributed by atoms with van der Waals surface area (Å²) in [7, 11) is 1.77. The molecule has 1 unspecified atom stereocenters. The average Bonchev–Trinajstić information content (AvgIpc) is 2.77. The highest BCUT2D eigenvalue weighted by molar-refractivity contribution is 6.30. The number of aromatic nitrogens is 3. The number of hydrogen-bond donors (Lipinski definition) is 1. The van der Waals surface area contributed by atoms with E-state index in [1.165, 1.54) is 19.2 Å². The predicted octanol–water partition coefficient (Wildman–Crippen LogP) is 1.93. The Morgan fingerprint density at radius 1 is 1.50 bits per heavy atom. The second-order valence-corrected chi connectivity index (χ2v) is 5.09. The van der Waals surface area contributed by atoms with Crippen LogP contribution in [0.25, 0.3) is 0 Å². The Labute approximate surface area is 121 Å². The molecule has 1 N–H and O–H groups in total. The van der Waals surface area contributed by atoms with E-state index in [0.717, 1.165) is 5.56 Å². The molecule has 0 radical (unpaired) electrons. The maximum atomic E-state index is 11.5. The number of carboxylic acid groups (broad SMARTS) is 1. The summed E-state index contributed by atoms with van der Waals surface area (Å²) in [4.78, 5) is 15.5. The first-order valence-corrected chi connectivity index (χ1v) is 6.28. The Hall–Kier alpha value is -2.08. The average molecular weight is 296 g/mol. The number of aryl methyl sites for hydroxylation is 1. The normalized spacial score (nSPS) is 13.8. The van der Waals surface area contributed by atoms with Crippen molar-refractivity contribution < 1.29 is 14.6 Å². The van der Waals surface area contributed by atoms with Gasteiger partial charge in [0.2, 0.25) is 11.5 Å². The van der Waals surface area contributed by atoms with Gasteiger partial charge in [0, 0.05) is 31.9 Å². The Morgan fingerprint density at radius 3 is 2.75 bits per heavy atom. The van der Waals surface area contributed by atoms with E-state index in [2.05, 4.69) is 10.1 Å². The van der Waals surface area contributed by atoms with Crippen LogP contribution in [0.3, 0.4) is 0 Å². The first-order valence-electron chi connectivity index (χ1n) is 5.90. The molecule has 0 spiro atoms. The number of rotatable bonds is 5. The summed E-state index contributed by atoms with van der Waals surface area (Å²) < 4.78 is 7.13. The predicted molar refractivity (Wildman–Crippen MR) is 72.8 cm³/mol. The second-order valence-electron chi connectivity index (χ2n) is 4.65. The number of nitrogens with zero attached hydrogens (tertiary/aromatic N) is 3. The van der Waals surface area contributed by atoms with Crippen molar-refractivity contribution in [1.82, 2.24) is 14.8 Å². The topological polar surface area (TPSA) is 77.2 Å². The highest BCUT2D eigenvalue weighted by Crippen LogP contribution is 2.22. The quantitative estimate of drug-likeness (QED) is 0.912. The van der Waals surface area contributed by atoms with Crippen molar-refractivity contribution in [3.05, 3.63) is 41.3 Å². The van der Waals surface area contributed by atoms with Crippen LogP contribution in [0.1, 0.15) is 12.5 Å². The summed E-state index contributed by atoms with van der Waals surface area (Å²) in [6.45, 7) is 1.50. The van der Waals surface area contributed by atoms with Crippen LogP contribution >= 0.6 is 11.6 Å². The van der Waals surface area contributed by atoms with Gasteiger partial charge in [0.15, 0.2) is 0 Å². The molecule has 0 aliphatic carbocycles. The van der Waals surface area contributed by atoms with Crippen LogP contribution in [0.15, 0.2) is 30.7 Å². The SMILES string of the molecule is Cn1cc(CC(C)(Oc2ccc(Cl)cn2)C(=O)O)cn1. The van der Waals surface area contributed by atoms with Crippen molar-refractivity contribution in [2.75, 3.05) is 0 Å². The number of aliphatic carboxylic acids is 1. The molecular formula is C13H14ClN3O3. The molecule has 2 aromatic heterocycles. The van der Waals surface area contributed by atoms with Gasteiger partial charge in [0.25, 0.3) is 0 Å². The first kappa shape index (κ1) is 14.3. The minimum atomic E-state index is -1.43. The number of carbonyl (C=O) groups is 1. The van der Waals surface area contributed by atoms with E-state index >= 15 is 0 Å². The standard InChI is InChI=1S/C13H14ClN3O3/c1-13(12(18)19,5-9-6-16-17(2)8-9)20-11-4-3-10(14)7-15-11/h3-4,6-8H,5H2,1-2H3,(H,18,19). The van der Waals surface area contributed by atoms with E-state index in [-0.39, 0.29) is 12.3 Å². The van der Waals surface area contributed by atoms with Gasteiger partial charge in [-0.1, -0.05) is 11.6 Å². The lowest BCUT2D eigenvalue weighted by atomic mass is 9.98. The Balaban J connectivity index is 2.20. The molecule has 7 heteroatoms. The van der Waals surface area contributed by atoms with E-state index < -0.39 is 11.6 Å². The molecule has 0 saturated heterocycles. The van der Waals surface area contributed by atoms with Gasteiger partial charge in [-0.2, -0.15) is 5.10 Å². The van der Waals surface area contributed by atoms with Gasteiger partial charge in [-0.3, -0.25) is 4.68 Å². The maximum Gasteiger partial charge on any atom is 0.348 e. The monoisotopic (exact) mass is 295 g/mol. The second kappa shape index (κ2) is 5.50. The third-order valence-electron chi connectivity index (χ3n) is 2.78. The van der Waals surface area contributed by atoms with Crippen LogP contribution in [0.5, 0.6) is 5.88 Å². The van der Waals surface area contributed by atoms with Gasteiger partial charge in [-0.05, 0) is 18.6 Å². The molecule has 0 aromatic carbocycles. The van der Waals surface area contributed by atoms with Crippen LogP contribution in [0.2, 0.25) is 5.02 Å². The smallest absolute Gasteiger partial charge is 0.348 e. The van der Waals surface area contributed by atoms with Crippen molar-refractivity contribution in [2.45, 2.75) is 18.9 Å². The summed E-state index contributed by atoms with van der Waals surface area (Å²) in [6.07, 6.45) is 4.95. The first-order chi connectivity index (χ1) is 9.39. The van der Waals surface area contributed by atoms with Gasteiger partial charge in [0.05, 0.1) is 11.2 Å². The summed E-state index contributed by atoms with van der Waals surface area (Å²) >= 11 is 5.73. The highest BCUT2D eigenvalue weighted by Gasteiger charge is 2.36. The van der Waals surface area contributed by atoms with Gasteiger partial charge in [-0.25, -0.2) is 9.78 Å². The molecule has 0 saturated carbocycles. The lowest BCUT2D eigenvalue weighted by molar-refractivity contribution is -0.153. The third-order valence-corrected chi connectivity index (χ3v) is 3.01. The van der Waals surface area contributed by atoms with E-state index in [4.69, 9.17) is 16.3 Å². The molecular weight excluding hydrogens is 282 g/mol. The fourth-order valence-electron chi connectivity index (χ4n) is 1.76. The molecule has 6 nitrogen and oxygen atoms in total. The van der Waals surface area contributed by atoms with E-state index in [9.17, 15) is 9.90 Å². The molecule has 2 rings (SSSR count). The Bertz CT molecular complexity index is 612. The van der Waals surface area contributed by atoms with Crippen molar-refractivity contribution in [3.8, 4) is 5.88 Å². The zero-order valence-electron chi connectivity index (χ0n) is 11.1. The van der Waals surface area contributed by atoms with Crippen molar-refractivity contribution in [2.24, 2.45) is 7.05 Å². The summed E-state index contributed by atoms with van der Waals surface area (Å²) in [5.41, 5.74) is -0.657. The van der Waals surface area contributed by atoms with Crippen LogP contribution in [0, 0.1) is 0 Å². The number of carboxylic acids is 1. The number of halogens is 1. The molecule has 106 valence electrons. The molecule has 0 amide bonds. The molecule has 20 heavy (non-hydrogen) atoms. The van der Waals surface area contributed by atoms with Crippen LogP contribution in [-0.2, 0) is 18.3 Å².